The van der Waals surface area contributed by atoms with Gasteiger partial charge in [-0.1, -0.05) is 12.1 Å². The van der Waals surface area contributed by atoms with Crippen molar-refractivity contribution in [2.45, 2.75) is 18.9 Å². The van der Waals surface area contributed by atoms with Crippen molar-refractivity contribution in [1.29, 1.82) is 0 Å². The second-order valence-corrected chi connectivity index (χ2v) is 6.50. The molecule has 9 N–H and O–H groups in total. The van der Waals surface area contributed by atoms with Crippen molar-refractivity contribution in [2.75, 3.05) is 30.5 Å². The van der Waals surface area contributed by atoms with Gasteiger partial charge in [0.1, 0.15) is 11.6 Å². The van der Waals surface area contributed by atoms with Gasteiger partial charge in [-0.3, -0.25) is 4.68 Å². The molecule has 0 aliphatic carbocycles. The topological polar surface area (TPSA) is 156 Å². The number of hydrogen-bond donors (Lipinski definition) is 5. The Hall–Kier alpha value is -3.30. The number of anilines is 3. The molecule has 0 fully saturated rings. The monoisotopic (exact) mass is 382 g/mol. The van der Waals surface area contributed by atoms with Gasteiger partial charge in [-0.15, -0.1) is 0 Å². The Morgan fingerprint density at radius 3 is 2.79 bits per heavy atom. The van der Waals surface area contributed by atoms with Crippen LogP contribution in [0.4, 0.5) is 17.3 Å². The van der Waals surface area contributed by atoms with Crippen LogP contribution in [0, 0.1) is 0 Å². The van der Waals surface area contributed by atoms with Gasteiger partial charge in [-0.05, 0) is 47.9 Å². The summed E-state index contributed by atoms with van der Waals surface area (Å²) in [6.07, 6.45) is 4.50. The maximum absolute atomic E-state index is 6.25. The van der Waals surface area contributed by atoms with E-state index in [0.29, 0.717) is 36.8 Å². The van der Waals surface area contributed by atoms with E-state index < -0.39 is 0 Å². The molecule has 2 heterocycles. The van der Waals surface area contributed by atoms with Crippen LogP contribution in [0.3, 0.4) is 0 Å². The number of ether oxygens (including phenoxy) is 1. The number of nitrogens with two attached hydrogens (primary N) is 4. The molecule has 0 aliphatic rings. The van der Waals surface area contributed by atoms with Crippen LogP contribution in [0.25, 0.3) is 0 Å². The third-order valence-electron chi connectivity index (χ3n) is 4.61. The zero-order valence-corrected chi connectivity index (χ0v) is 15.8. The molecular weight excluding hydrogens is 356 g/mol. The van der Waals surface area contributed by atoms with E-state index in [1.165, 1.54) is 0 Å². The minimum absolute atomic E-state index is 0.0681. The molecule has 1 unspecified atom stereocenters. The lowest BCUT2D eigenvalue weighted by Gasteiger charge is -2.19. The highest BCUT2D eigenvalue weighted by Crippen LogP contribution is 2.35. The molecular formula is C19H26N8O. The molecule has 148 valence electrons. The van der Waals surface area contributed by atoms with Gasteiger partial charge in [0.15, 0.2) is 5.82 Å². The van der Waals surface area contributed by atoms with Crippen molar-refractivity contribution < 1.29 is 4.74 Å². The highest BCUT2D eigenvalue weighted by molar-refractivity contribution is 5.70. The first-order valence-corrected chi connectivity index (χ1v) is 8.93. The summed E-state index contributed by atoms with van der Waals surface area (Å²) in [4.78, 5) is 4.12. The predicted molar refractivity (Wildman–Crippen MR) is 111 cm³/mol. The molecule has 3 aromatic rings. The average Bonchev–Trinajstić information content (AvgIpc) is 3.16. The van der Waals surface area contributed by atoms with Crippen LogP contribution in [-0.2, 0) is 6.54 Å². The van der Waals surface area contributed by atoms with E-state index in [-0.39, 0.29) is 5.92 Å². The lowest BCUT2D eigenvalue weighted by molar-refractivity contribution is 0.414. The van der Waals surface area contributed by atoms with E-state index in [9.17, 15) is 0 Å². The number of aromatic nitrogens is 3. The fourth-order valence-corrected chi connectivity index (χ4v) is 3.27. The van der Waals surface area contributed by atoms with Gasteiger partial charge in [0.25, 0.3) is 0 Å². The zero-order chi connectivity index (χ0) is 20.1. The van der Waals surface area contributed by atoms with Crippen molar-refractivity contribution in [3.05, 3.63) is 59.4 Å². The number of nitrogens with zero attached hydrogens (tertiary/aromatic N) is 3. The van der Waals surface area contributed by atoms with Crippen molar-refractivity contribution in [3.8, 4) is 5.75 Å². The van der Waals surface area contributed by atoms with Crippen molar-refractivity contribution in [3.63, 3.8) is 0 Å². The van der Waals surface area contributed by atoms with E-state index in [1.807, 2.05) is 41.3 Å². The molecule has 28 heavy (non-hydrogen) atoms. The molecule has 0 bridgehead atoms. The van der Waals surface area contributed by atoms with Crippen molar-refractivity contribution in [2.24, 2.45) is 11.6 Å². The molecule has 1 atom stereocenters. The SMILES string of the molecule is COc1cccc(Cn2cc(C(CCN)c3cc(N)nc(NN)c3N)cn2)c1. The lowest BCUT2D eigenvalue weighted by atomic mass is 9.89. The van der Waals surface area contributed by atoms with Gasteiger partial charge in [0, 0.05) is 12.1 Å². The van der Waals surface area contributed by atoms with Gasteiger partial charge < -0.3 is 27.4 Å². The Morgan fingerprint density at radius 2 is 2.07 bits per heavy atom. The third-order valence-corrected chi connectivity index (χ3v) is 4.61. The maximum atomic E-state index is 6.25. The molecule has 2 aromatic heterocycles. The molecule has 0 amide bonds. The molecule has 9 nitrogen and oxygen atoms in total. The van der Waals surface area contributed by atoms with Crippen LogP contribution >= 0.6 is 0 Å². The first kappa shape index (κ1) is 19.5. The van der Waals surface area contributed by atoms with Crippen LogP contribution in [0.1, 0.15) is 29.0 Å². The van der Waals surface area contributed by atoms with Crippen LogP contribution in [0.15, 0.2) is 42.7 Å². The summed E-state index contributed by atoms with van der Waals surface area (Å²) >= 11 is 0. The number of hydrogen-bond acceptors (Lipinski definition) is 8. The zero-order valence-electron chi connectivity index (χ0n) is 15.8. The highest BCUT2D eigenvalue weighted by atomic mass is 16.5. The average molecular weight is 382 g/mol. The number of nitrogen functional groups attached to an aromatic ring is 3. The number of rotatable bonds is 8. The standard InChI is InChI=1S/C19H26N8O/c1-28-14-4-2-3-12(7-14)10-27-11-13(9-24-27)15(5-6-20)16-8-17(21)25-19(26-23)18(16)22/h2-4,7-9,11,15H,5-6,10,20,22-23H2,1H3,(H3,21,25,26). The Bertz CT molecular complexity index is 939. The Morgan fingerprint density at radius 1 is 1.25 bits per heavy atom. The normalized spacial score (nSPS) is 12.0. The molecule has 0 radical (unpaired) electrons. The number of hydrazine groups is 1. The number of pyridine rings is 1. The molecule has 0 saturated heterocycles. The maximum Gasteiger partial charge on any atom is 0.165 e. The number of methoxy groups -OCH3 is 1. The van der Waals surface area contributed by atoms with Gasteiger partial charge in [-0.2, -0.15) is 5.10 Å². The second kappa shape index (κ2) is 8.59. The smallest absolute Gasteiger partial charge is 0.165 e. The molecule has 0 saturated carbocycles. The summed E-state index contributed by atoms with van der Waals surface area (Å²) < 4.78 is 7.15. The summed E-state index contributed by atoms with van der Waals surface area (Å²) in [7, 11) is 1.65. The minimum atomic E-state index is -0.0681. The second-order valence-electron chi connectivity index (χ2n) is 6.50. The summed E-state index contributed by atoms with van der Waals surface area (Å²) in [6.45, 7) is 1.11. The van der Waals surface area contributed by atoms with Gasteiger partial charge >= 0.3 is 0 Å². The van der Waals surface area contributed by atoms with Gasteiger partial charge in [0.2, 0.25) is 0 Å². The van der Waals surface area contributed by atoms with Gasteiger partial charge in [-0.25, -0.2) is 10.8 Å². The van der Waals surface area contributed by atoms with Crippen LogP contribution < -0.4 is 33.2 Å². The van der Waals surface area contributed by atoms with Gasteiger partial charge in [0.05, 0.1) is 25.5 Å². The molecule has 9 heteroatoms. The van der Waals surface area contributed by atoms with E-state index in [4.69, 9.17) is 27.8 Å². The largest absolute Gasteiger partial charge is 0.497 e. The Balaban J connectivity index is 1.91. The highest BCUT2D eigenvalue weighted by Gasteiger charge is 2.21. The summed E-state index contributed by atoms with van der Waals surface area (Å²) in [5.41, 5.74) is 23.9. The summed E-state index contributed by atoms with van der Waals surface area (Å²) in [6, 6.07) is 9.64. The first-order valence-electron chi connectivity index (χ1n) is 8.93. The van der Waals surface area contributed by atoms with E-state index in [1.54, 1.807) is 13.2 Å². The van der Waals surface area contributed by atoms with Crippen LogP contribution in [0.2, 0.25) is 0 Å². The lowest BCUT2D eigenvalue weighted by Crippen LogP contribution is -2.16. The van der Waals surface area contributed by atoms with E-state index in [2.05, 4.69) is 15.5 Å². The Kier molecular flexibility index (Phi) is 5.97. The van der Waals surface area contributed by atoms with Crippen molar-refractivity contribution in [1.82, 2.24) is 14.8 Å². The fourth-order valence-electron chi connectivity index (χ4n) is 3.27. The third kappa shape index (κ3) is 4.16. The Labute approximate surface area is 163 Å². The molecule has 0 spiro atoms. The predicted octanol–water partition coefficient (Wildman–Crippen LogP) is 1.27. The summed E-state index contributed by atoms with van der Waals surface area (Å²) in [5, 5.41) is 4.50. The first-order chi connectivity index (χ1) is 13.5. The summed E-state index contributed by atoms with van der Waals surface area (Å²) in [5.74, 6) is 6.94. The molecule has 1 aromatic carbocycles. The van der Waals surface area contributed by atoms with E-state index >= 15 is 0 Å². The molecule has 3 rings (SSSR count). The molecule has 0 aliphatic heterocycles. The van der Waals surface area contributed by atoms with Crippen LogP contribution in [0.5, 0.6) is 5.75 Å². The van der Waals surface area contributed by atoms with E-state index in [0.717, 1.165) is 22.4 Å². The minimum Gasteiger partial charge on any atom is -0.497 e. The van der Waals surface area contributed by atoms with Crippen molar-refractivity contribution >= 4 is 17.3 Å². The quantitative estimate of drug-likeness (QED) is 0.288. The van der Waals surface area contributed by atoms with Crippen LogP contribution in [-0.4, -0.2) is 28.4 Å². The number of benzene rings is 1. The fraction of sp³-hybridized carbons (Fsp3) is 0.263. The number of nitrogens with one attached hydrogen (secondary N) is 1.